The van der Waals surface area contributed by atoms with E-state index in [4.69, 9.17) is 21.1 Å². The predicted molar refractivity (Wildman–Crippen MR) is 78.5 cm³/mol. The lowest BCUT2D eigenvalue weighted by Crippen LogP contribution is -2.07. The number of unbranched alkanes of at least 4 members (excludes halogenated alkanes) is 1. The molecule has 6 nitrogen and oxygen atoms in total. The van der Waals surface area contributed by atoms with Crippen molar-refractivity contribution in [3.63, 3.8) is 0 Å². The lowest BCUT2D eigenvalue weighted by molar-refractivity contribution is -0.383. The Balaban J connectivity index is 2.30. The van der Waals surface area contributed by atoms with Gasteiger partial charge in [-0.05, 0) is 18.9 Å². The van der Waals surface area contributed by atoms with Gasteiger partial charge < -0.3 is 14.8 Å². The van der Waals surface area contributed by atoms with Gasteiger partial charge in [-0.1, -0.05) is 17.7 Å². The van der Waals surface area contributed by atoms with Gasteiger partial charge in [-0.3, -0.25) is 10.1 Å². The van der Waals surface area contributed by atoms with Gasteiger partial charge in [0.2, 0.25) is 0 Å². The molecule has 0 bridgehead atoms. The largest absolute Gasteiger partial charge is 0.382 e. The van der Waals surface area contributed by atoms with Crippen molar-refractivity contribution in [3.8, 4) is 0 Å². The van der Waals surface area contributed by atoms with Crippen LogP contribution in [0.5, 0.6) is 0 Å². The zero-order chi connectivity index (χ0) is 14.8. The number of hydrogen-bond donors (Lipinski definition) is 1. The predicted octanol–water partition coefficient (Wildman–Crippen LogP) is 3.10. The Morgan fingerprint density at radius 3 is 2.80 bits per heavy atom. The third kappa shape index (κ3) is 5.73. The molecule has 0 heterocycles. The molecule has 0 aliphatic rings. The van der Waals surface area contributed by atoms with E-state index in [0.717, 1.165) is 12.8 Å². The molecule has 20 heavy (non-hydrogen) atoms. The van der Waals surface area contributed by atoms with E-state index in [1.165, 1.54) is 6.07 Å². The maximum atomic E-state index is 10.9. The summed E-state index contributed by atoms with van der Waals surface area (Å²) in [5, 5.41) is 14.3. The van der Waals surface area contributed by atoms with Gasteiger partial charge >= 0.3 is 0 Å². The number of nitrogens with zero attached hydrogens (tertiary/aromatic N) is 1. The van der Waals surface area contributed by atoms with Crippen molar-refractivity contribution in [2.45, 2.75) is 12.8 Å². The molecule has 1 aromatic rings. The number of anilines is 1. The van der Waals surface area contributed by atoms with Crippen LogP contribution in [-0.2, 0) is 9.47 Å². The van der Waals surface area contributed by atoms with E-state index in [9.17, 15) is 10.1 Å². The van der Waals surface area contributed by atoms with Crippen molar-refractivity contribution in [1.29, 1.82) is 0 Å². The minimum absolute atomic E-state index is 0.00570. The number of para-hydroxylation sites is 1. The number of halogens is 1. The third-order valence-electron chi connectivity index (χ3n) is 2.64. The maximum absolute atomic E-state index is 10.9. The molecule has 1 N–H and O–H groups in total. The standard InChI is InChI=1S/C13H19ClN2O4/c1-19-9-10-20-8-3-2-7-15-13-11(14)5-4-6-12(13)16(17)18/h4-6,15H,2-3,7-10H2,1H3. The van der Waals surface area contributed by atoms with Crippen LogP contribution in [0, 0.1) is 10.1 Å². The fraction of sp³-hybridized carbons (Fsp3) is 0.538. The molecule has 0 unspecified atom stereocenters. The molecule has 7 heteroatoms. The summed E-state index contributed by atoms with van der Waals surface area (Å²) in [7, 11) is 1.63. The first-order chi connectivity index (χ1) is 9.66. The lowest BCUT2D eigenvalue weighted by Gasteiger charge is -2.09. The average Bonchev–Trinajstić information content (AvgIpc) is 2.43. The molecule has 0 aliphatic heterocycles. The summed E-state index contributed by atoms with van der Waals surface area (Å²) in [6.07, 6.45) is 1.71. The van der Waals surface area contributed by atoms with Crippen LogP contribution in [0.2, 0.25) is 5.02 Å². The van der Waals surface area contributed by atoms with Gasteiger partial charge in [-0.2, -0.15) is 0 Å². The molecule has 0 aliphatic carbocycles. The second-order valence-electron chi connectivity index (χ2n) is 4.13. The summed E-state index contributed by atoms with van der Waals surface area (Å²) in [6, 6.07) is 4.63. The average molecular weight is 303 g/mol. The quantitative estimate of drug-likeness (QED) is 0.408. The summed E-state index contributed by atoms with van der Waals surface area (Å²) in [5.41, 5.74) is 0.369. The minimum Gasteiger partial charge on any atom is -0.382 e. The minimum atomic E-state index is -0.442. The number of methoxy groups -OCH3 is 1. The monoisotopic (exact) mass is 302 g/mol. The number of ether oxygens (including phenoxy) is 2. The molecule has 0 fully saturated rings. The zero-order valence-corrected chi connectivity index (χ0v) is 12.2. The Kier molecular flexibility index (Phi) is 7.94. The van der Waals surface area contributed by atoms with Crippen LogP contribution in [0.15, 0.2) is 18.2 Å². The summed E-state index contributed by atoms with van der Waals surface area (Å²) in [6.45, 7) is 2.43. The van der Waals surface area contributed by atoms with Crippen LogP contribution in [0.25, 0.3) is 0 Å². The Morgan fingerprint density at radius 1 is 1.30 bits per heavy atom. The molecule has 0 aromatic heterocycles. The Bertz CT molecular complexity index is 429. The number of benzene rings is 1. The topological polar surface area (TPSA) is 73.6 Å². The van der Waals surface area contributed by atoms with Crippen LogP contribution >= 0.6 is 11.6 Å². The van der Waals surface area contributed by atoms with Crippen LogP contribution in [0.1, 0.15) is 12.8 Å². The SMILES string of the molecule is COCCOCCCCNc1c(Cl)cccc1[N+](=O)[O-]. The fourth-order valence-corrected chi connectivity index (χ4v) is 1.86. The van der Waals surface area contributed by atoms with Crippen LogP contribution in [0.3, 0.4) is 0 Å². The second-order valence-corrected chi connectivity index (χ2v) is 4.54. The molecule has 0 saturated carbocycles. The molecular weight excluding hydrogens is 284 g/mol. The number of hydrogen-bond acceptors (Lipinski definition) is 5. The number of rotatable bonds is 10. The van der Waals surface area contributed by atoms with E-state index in [1.807, 2.05) is 0 Å². The highest BCUT2D eigenvalue weighted by Crippen LogP contribution is 2.31. The van der Waals surface area contributed by atoms with Gasteiger partial charge in [-0.25, -0.2) is 0 Å². The van der Waals surface area contributed by atoms with Crippen LogP contribution in [0.4, 0.5) is 11.4 Å². The molecule has 1 rings (SSSR count). The zero-order valence-electron chi connectivity index (χ0n) is 11.4. The first kappa shape index (κ1) is 16.7. The van der Waals surface area contributed by atoms with E-state index in [0.29, 0.717) is 37.1 Å². The Morgan fingerprint density at radius 2 is 2.10 bits per heavy atom. The molecule has 112 valence electrons. The van der Waals surface area contributed by atoms with Gasteiger partial charge in [-0.15, -0.1) is 0 Å². The molecule has 0 saturated heterocycles. The van der Waals surface area contributed by atoms with Crippen LogP contribution < -0.4 is 5.32 Å². The Hall–Kier alpha value is -1.37. The van der Waals surface area contributed by atoms with E-state index in [2.05, 4.69) is 5.32 Å². The number of nitrogens with one attached hydrogen (secondary N) is 1. The summed E-state index contributed by atoms with van der Waals surface area (Å²) < 4.78 is 10.2. The van der Waals surface area contributed by atoms with Gasteiger partial charge in [0, 0.05) is 26.3 Å². The Labute approximate surface area is 123 Å². The third-order valence-corrected chi connectivity index (χ3v) is 2.95. The lowest BCUT2D eigenvalue weighted by atomic mass is 10.2. The fourth-order valence-electron chi connectivity index (χ4n) is 1.63. The van der Waals surface area contributed by atoms with E-state index in [-0.39, 0.29) is 5.69 Å². The highest BCUT2D eigenvalue weighted by Gasteiger charge is 2.15. The molecule has 0 radical (unpaired) electrons. The summed E-state index contributed by atoms with van der Waals surface area (Å²) in [4.78, 5) is 10.4. The first-order valence-corrected chi connectivity index (χ1v) is 6.78. The second kappa shape index (κ2) is 9.52. The molecule has 0 spiro atoms. The van der Waals surface area contributed by atoms with E-state index in [1.54, 1.807) is 19.2 Å². The van der Waals surface area contributed by atoms with Gasteiger partial charge in [0.15, 0.2) is 0 Å². The molecule has 0 atom stereocenters. The summed E-state index contributed by atoms with van der Waals surface area (Å²) in [5.74, 6) is 0. The smallest absolute Gasteiger partial charge is 0.293 e. The van der Waals surface area contributed by atoms with Crippen molar-refractivity contribution in [1.82, 2.24) is 0 Å². The number of nitro benzene ring substituents is 1. The van der Waals surface area contributed by atoms with Crippen LogP contribution in [-0.4, -0.2) is 38.4 Å². The highest BCUT2D eigenvalue weighted by molar-refractivity contribution is 6.33. The van der Waals surface area contributed by atoms with Crippen molar-refractivity contribution >= 4 is 23.0 Å². The van der Waals surface area contributed by atoms with Gasteiger partial charge in [0.1, 0.15) is 5.69 Å². The van der Waals surface area contributed by atoms with Crippen molar-refractivity contribution in [2.24, 2.45) is 0 Å². The normalized spacial score (nSPS) is 10.5. The van der Waals surface area contributed by atoms with Gasteiger partial charge in [0.25, 0.3) is 5.69 Å². The highest BCUT2D eigenvalue weighted by atomic mass is 35.5. The first-order valence-electron chi connectivity index (χ1n) is 6.40. The molecule has 1 aromatic carbocycles. The van der Waals surface area contributed by atoms with Gasteiger partial charge in [0.05, 0.1) is 23.2 Å². The molecular formula is C13H19ClN2O4. The van der Waals surface area contributed by atoms with E-state index < -0.39 is 4.92 Å². The van der Waals surface area contributed by atoms with Crippen molar-refractivity contribution < 1.29 is 14.4 Å². The molecule has 0 amide bonds. The number of nitro groups is 1. The summed E-state index contributed by atoms with van der Waals surface area (Å²) >= 11 is 5.97. The maximum Gasteiger partial charge on any atom is 0.293 e. The van der Waals surface area contributed by atoms with Crippen molar-refractivity contribution in [3.05, 3.63) is 33.3 Å². The van der Waals surface area contributed by atoms with E-state index >= 15 is 0 Å². The van der Waals surface area contributed by atoms with Crippen molar-refractivity contribution in [2.75, 3.05) is 38.8 Å².